The Bertz CT molecular complexity index is 1070. The van der Waals surface area contributed by atoms with Gasteiger partial charge in [-0.1, -0.05) is 42.5 Å². The Morgan fingerprint density at radius 1 is 1.00 bits per heavy atom. The Balaban J connectivity index is 1.48. The van der Waals surface area contributed by atoms with E-state index in [2.05, 4.69) is 20.3 Å². The standard InChI is InChI=1S/C21H17FN4O/c22-17-8-6-14(7-9-17)10-16-11-18-19(23-13-16)26-20(25-18)21(27)24-12-15-4-2-1-3-5-15/h1-9,11,13H,10,12H2,(H,24,27)(H,23,25,26). The first kappa shape index (κ1) is 16.9. The van der Waals surface area contributed by atoms with Crippen molar-refractivity contribution in [2.24, 2.45) is 0 Å². The Kier molecular flexibility index (Phi) is 4.61. The van der Waals surface area contributed by atoms with Gasteiger partial charge < -0.3 is 10.3 Å². The van der Waals surface area contributed by atoms with Crippen molar-refractivity contribution in [2.45, 2.75) is 13.0 Å². The zero-order valence-electron chi connectivity index (χ0n) is 14.4. The molecular formula is C21H17FN4O. The fourth-order valence-electron chi connectivity index (χ4n) is 2.85. The van der Waals surface area contributed by atoms with Crippen molar-refractivity contribution >= 4 is 17.1 Å². The Morgan fingerprint density at radius 3 is 2.56 bits per heavy atom. The van der Waals surface area contributed by atoms with Crippen molar-refractivity contribution in [1.29, 1.82) is 0 Å². The highest BCUT2D eigenvalue weighted by Crippen LogP contribution is 2.15. The Labute approximate surface area is 155 Å². The largest absolute Gasteiger partial charge is 0.345 e. The lowest BCUT2D eigenvalue weighted by atomic mass is 10.1. The second kappa shape index (κ2) is 7.37. The number of halogens is 1. The van der Waals surface area contributed by atoms with Gasteiger partial charge in [-0.15, -0.1) is 0 Å². The number of H-pyrrole nitrogens is 1. The monoisotopic (exact) mass is 360 g/mol. The highest BCUT2D eigenvalue weighted by atomic mass is 19.1. The average Bonchev–Trinajstić information content (AvgIpc) is 3.12. The number of benzene rings is 2. The molecule has 0 bridgehead atoms. The summed E-state index contributed by atoms with van der Waals surface area (Å²) in [4.78, 5) is 23.9. The number of aromatic amines is 1. The summed E-state index contributed by atoms with van der Waals surface area (Å²) in [5, 5.41) is 2.84. The van der Waals surface area contributed by atoms with Crippen LogP contribution < -0.4 is 5.32 Å². The van der Waals surface area contributed by atoms with Crippen LogP contribution >= 0.6 is 0 Å². The van der Waals surface area contributed by atoms with Gasteiger partial charge in [0.05, 0.1) is 5.52 Å². The molecule has 5 nitrogen and oxygen atoms in total. The molecule has 0 radical (unpaired) electrons. The highest BCUT2D eigenvalue weighted by Gasteiger charge is 2.12. The van der Waals surface area contributed by atoms with Crippen LogP contribution in [0.4, 0.5) is 4.39 Å². The molecule has 2 N–H and O–H groups in total. The van der Waals surface area contributed by atoms with E-state index in [1.807, 2.05) is 36.4 Å². The minimum absolute atomic E-state index is 0.229. The number of aromatic nitrogens is 3. The van der Waals surface area contributed by atoms with Gasteiger partial charge in [0.15, 0.2) is 11.5 Å². The fraction of sp³-hybridized carbons (Fsp3) is 0.0952. The van der Waals surface area contributed by atoms with E-state index in [0.717, 1.165) is 16.7 Å². The molecular weight excluding hydrogens is 343 g/mol. The van der Waals surface area contributed by atoms with Crippen LogP contribution in [-0.4, -0.2) is 20.9 Å². The second-order valence-electron chi connectivity index (χ2n) is 6.27. The number of pyridine rings is 1. The predicted octanol–water partition coefficient (Wildman–Crippen LogP) is 3.62. The molecule has 0 spiro atoms. The number of amides is 1. The van der Waals surface area contributed by atoms with Gasteiger partial charge >= 0.3 is 0 Å². The molecule has 0 saturated carbocycles. The number of fused-ring (bicyclic) bond motifs is 1. The third kappa shape index (κ3) is 4.00. The summed E-state index contributed by atoms with van der Waals surface area (Å²) in [5.41, 5.74) is 4.13. The van der Waals surface area contributed by atoms with Crippen LogP contribution in [0.3, 0.4) is 0 Å². The normalized spacial score (nSPS) is 10.9. The Morgan fingerprint density at radius 2 is 1.78 bits per heavy atom. The van der Waals surface area contributed by atoms with E-state index in [-0.39, 0.29) is 17.5 Å². The smallest absolute Gasteiger partial charge is 0.287 e. The van der Waals surface area contributed by atoms with E-state index < -0.39 is 0 Å². The third-order valence-corrected chi connectivity index (χ3v) is 4.23. The molecule has 1 amide bonds. The van der Waals surface area contributed by atoms with Crippen LogP contribution in [0.1, 0.15) is 27.3 Å². The molecule has 0 aliphatic carbocycles. The van der Waals surface area contributed by atoms with E-state index in [4.69, 9.17) is 0 Å². The lowest BCUT2D eigenvalue weighted by Gasteiger charge is -2.02. The van der Waals surface area contributed by atoms with Crippen LogP contribution in [0.5, 0.6) is 0 Å². The molecule has 0 aliphatic rings. The number of nitrogens with zero attached hydrogens (tertiary/aromatic N) is 2. The molecule has 0 aliphatic heterocycles. The van der Waals surface area contributed by atoms with Crippen molar-refractivity contribution < 1.29 is 9.18 Å². The van der Waals surface area contributed by atoms with E-state index in [9.17, 15) is 9.18 Å². The van der Waals surface area contributed by atoms with Crippen LogP contribution in [0.15, 0.2) is 66.9 Å². The van der Waals surface area contributed by atoms with Gasteiger partial charge in [0.2, 0.25) is 0 Å². The van der Waals surface area contributed by atoms with Crippen LogP contribution in [0, 0.1) is 5.82 Å². The zero-order valence-corrected chi connectivity index (χ0v) is 14.4. The average molecular weight is 360 g/mol. The van der Waals surface area contributed by atoms with E-state index in [1.165, 1.54) is 12.1 Å². The third-order valence-electron chi connectivity index (χ3n) is 4.23. The van der Waals surface area contributed by atoms with Gasteiger partial charge in [0, 0.05) is 12.7 Å². The minimum atomic E-state index is -0.281. The number of rotatable bonds is 5. The van der Waals surface area contributed by atoms with Crippen molar-refractivity contribution in [1.82, 2.24) is 20.3 Å². The van der Waals surface area contributed by atoms with Crippen molar-refractivity contribution in [3.8, 4) is 0 Å². The lowest BCUT2D eigenvalue weighted by molar-refractivity contribution is 0.0942. The van der Waals surface area contributed by atoms with E-state index in [1.54, 1.807) is 18.3 Å². The molecule has 0 atom stereocenters. The number of carbonyl (C=O) groups excluding carboxylic acids is 1. The maximum Gasteiger partial charge on any atom is 0.287 e. The number of hydrogen-bond donors (Lipinski definition) is 2. The number of hydrogen-bond acceptors (Lipinski definition) is 3. The highest BCUT2D eigenvalue weighted by molar-refractivity contribution is 5.93. The maximum atomic E-state index is 13.0. The molecule has 0 saturated heterocycles. The molecule has 27 heavy (non-hydrogen) atoms. The zero-order chi connectivity index (χ0) is 18.6. The summed E-state index contributed by atoms with van der Waals surface area (Å²) in [7, 11) is 0. The summed E-state index contributed by atoms with van der Waals surface area (Å²) in [5.74, 6) is -0.309. The summed E-state index contributed by atoms with van der Waals surface area (Å²) < 4.78 is 13.0. The molecule has 134 valence electrons. The van der Waals surface area contributed by atoms with Gasteiger partial charge in [-0.05, 0) is 41.3 Å². The maximum absolute atomic E-state index is 13.0. The van der Waals surface area contributed by atoms with E-state index >= 15 is 0 Å². The predicted molar refractivity (Wildman–Crippen MR) is 101 cm³/mol. The first-order valence-corrected chi connectivity index (χ1v) is 8.58. The molecule has 2 heterocycles. The SMILES string of the molecule is O=C(NCc1ccccc1)c1nc2ncc(Cc3ccc(F)cc3)cc2[nH]1. The number of imidazole rings is 1. The molecule has 4 aromatic rings. The van der Waals surface area contributed by atoms with Gasteiger partial charge in [-0.3, -0.25) is 4.79 Å². The summed E-state index contributed by atoms with van der Waals surface area (Å²) in [6.45, 7) is 0.431. The molecule has 4 rings (SSSR count). The first-order valence-electron chi connectivity index (χ1n) is 8.58. The second-order valence-corrected chi connectivity index (χ2v) is 6.27. The van der Waals surface area contributed by atoms with Crippen molar-refractivity contribution in [3.05, 3.63) is 95.2 Å². The van der Waals surface area contributed by atoms with Gasteiger partial charge in [0.25, 0.3) is 5.91 Å². The van der Waals surface area contributed by atoms with Crippen LogP contribution in [0.25, 0.3) is 11.2 Å². The molecule has 0 fully saturated rings. The summed E-state index contributed by atoms with van der Waals surface area (Å²) in [6.07, 6.45) is 2.34. The molecule has 2 aromatic heterocycles. The topological polar surface area (TPSA) is 70.7 Å². The molecule has 2 aromatic carbocycles. The fourth-order valence-corrected chi connectivity index (χ4v) is 2.85. The minimum Gasteiger partial charge on any atom is -0.345 e. The van der Waals surface area contributed by atoms with Gasteiger partial charge in [0.1, 0.15) is 5.82 Å². The van der Waals surface area contributed by atoms with E-state index in [0.29, 0.717) is 24.1 Å². The number of carbonyl (C=O) groups is 1. The molecule has 6 heteroatoms. The Hall–Kier alpha value is -3.54. The van der Waals surface area contributed by atoms with Crippen LogP contribution in [-0.2, 0) is 13.0 Å². The summed E-state index contributed by atoms with van der Waals surface area (Å²) in [6, 6.07) is 17.9. The quantitative estimate of drug-likeness (QED) is 0.571. The van der Waals surface area contributed by atoms with Gasteiger partial charge in [-0.2, -0.15) is 0 Å². The first-order chi connectivity index (χ1) is 13.2. The van der Waals surface area contributed by atoms with Crippen molar-refractivity contribution in [3.63, 3.8) is 0 Å². The summed E-state index contributed by atoms with van der Waals surface area (Å²) >= 11 is 0. The van der Waals surface area contributed by atoms with Crippen LogP contribution in [0.2, 0.25) is 0 Å². The molecule has 0 unspecified atom stereocenters. The number of nitrogens with one attached hydrogen (secondary N) is 2. The van der Waals surface area contributed by atoms with Crippen molar-refractivity contribution in [2.75, 3.05) is 0 Å². The van der Waals surface area contributed by atoms with Gasteiger partial charge in [-0.25, -0.2) is 14.4 Å². The lowest BCUT2D eigenvalue weighted by Crippen LogP contribution is -2.23.